The molecule has 104 valence electrons. The minimum Gasteiger partial charge on any atom is -0.363 e. The second-order valence-corrected chi connectivity index (χ2v) is 4.30. The van der Waals surface area contributed by atoms with Crippen molar-refractivity contribution in [2.45, 2.75) is 26.9 Å². The third-order valence-corrected chi connectivity index (χ3v) is 3.03. The Morgan fingerprint density at radius 1 is 1.45 bits per heavy atom. The molecule has 9 heteroatoms. The lowest BCUT2D eigenvalue weighted by molar-refractivity contribution is 0.707. The first-order valence-corrected chi connectivity index (χ1v) is 6.24. The smallest absolute Gasteiger partial charge is 0.349 e. The van der Waals surface area contributed by atoms with Crippen molar-refractivity contribution in [3.05, 3.63) is 34.5 Å². The third-order valence-electron chi connectivity index (χ3n) is 3.03. The highest BCUT2D eigenvalue weighted by Gasteiger charge is 2.08. The molecule has 2 N–H and O–H groups in total. The number of aryl methyl sites for hydroxylation is 2. The van der Waals surface area contributed by atoms with Crippen molar-refractivity contribution < 1.29 is 0 Å². The second kappa shape index (κ2) is 4.76. The first-order valence-electron chi connectivity index (χ1n) is 6.24. The summed E-state index contributed by atoms with van der Waals surface area (Å²) in [5.41, 5.74) is 0.240. The standard InChI is InChI=1S/C11H14N8O/c1-3-18-6-13-15-10(18)5-12-8-4-9-16-17-11(20)19(9)7(2)14-8/h4,6,12H,3,5H2,1-2H3,(H,17,20). The van der Waals surface area contributed by atoms with Crippen LogP contribution >= 0.6 is 0 Å². The van der Waals surface area contributed by atoms with E-state index in [9.17, 15) is 4.79 Å². The van der Waals surface area contributed by atoms with Crippen LogP contribution in [0.5, 0.6) is 0 Å². The van der Waals surface area contributed by atoms with Gasteiger partial charge in [0, 0.05) is 12.6 Å². The lowest BCUT2D eigenvalue weighted by Gasteiger charge is -2.07. The van der Waals surface area contributed by atoms with Gasteiger partial charge in [-0.15, -0.1) is 10.2 Å². The maximum atomic E-state index is 11.5. The van der Waals surface area contributed by atoms with Gasteiger partial charge in [-0.3, -0.25) is 0 Å². The quantitative estimate of drug-likeness (QED) is 0.691. The summed E-state index contributed by atoms with van der Waals surface area (Å²) >= 11 is 0. The van der Waals surface area contributed by atoms with E-state index in [4.69, 9.17) is 0 Å². The largest absolute Gasteiger partial charge is 0.363 e. The van der Waals surface area contributed by atoms with Gasteiger partial charge in [-0.1, -0.05) is 0 Å². The molecule has 9 nitrogen and oxygen atoms in total. The summed E-state index contributed by atoms with van der Waals surface area (Å²) in [6.45, 7) is 5.09. The molecule has 0 aliphatic heterocycles. The molecule has 0 saturated carbocycles. The number of anilines is 1. The van der Waals surface area contributed by atoms with Crippen LogP contribution in [0.2, 0.25) is 0 Å². The zero-order valence-corrected chi connectivity index (χ0v) is 11.2. The Kier molecular flexibility index (Phi) is 2.93. The Morgan fingerprint density at radius 3 is 3.10 bits per heavy atom. The van der Waals surface area contributed by atoms with E-state index in [-0.39, 0.29) is 5.69 Å². The van der Waals surface area contributed by atoms with E-state index in [2.05, 4.69) is 30.7 Å². The lowest BCUT2D eigenvalue weighted by atomic mass is 10.4. The highest BCUT2D eigenvalue weighted by atomic mass is 16.1. The van der Waals surface area contributed by atoms with Gasteiger partial charge in [-0.25, -0.2) is 19.3 Å². The lowest BCUT2D eigenvalue weighted by Crippen LogP contribution is -2.14. The molecule has 3 rings (SSSR count). The first-order chi connectivity index (χ1) is 9.69. The van der Waals surface area contributed by atoms with Crippen LogP contribution in [-0.2, 0) is 13.1 Å². The number of hydrogen-bond acceptors (Lipinski definition) is 6. The van der Waals surface area contributed by atoms with Crippen molar-refractivity contribution in [1.29, 1.82) is 0 Å². The molecular formula is C11H14N8O. The van der Waals surface area contributed by atoms with Gasteiger partial charge in [0.1, 0.15) is 18.0 Å². The molecule has 0 fully saturated rings. The van der Waals surface area contributed by atoms with Crippen molar-refractivity contribution in [2.75, 3.05) is 5.32 Å². The van der Waals surface area contributed by atoms with E-state index in [0.717, 1.165) is 12.4 Å². The molecule has 20 heavy (non-hydrogen) atoms. The Labute approximate surface area is 113 Å². The molecule has 3 heterocycles. The molecule has 0 spiro atoms. The zero-order valence-electron chi connectivity index (χ0n) is 11.2. The average molecular weight is 274 g/mol. The summed E-state index contributed by atoms with van der Waals surface area (Å²) in [6, 6.07) is 1.71. The average Bonchev–Trinajstić information content (AvgIpc) is 3.03. The summed E-state index contributed by atoms with van der Waals surface area (Å²) in [4.78, 5) is 15.8. The number of rotatable bonds is 4. The first kappa shape index (κ1) is 12.3. The fourth-order valence-electron chi connectivity index (χ4n) is 2.04. The Balaban J connectivity index is 1.86. The summed E-state index contributed by atoms with van der Waals surface area (Å²) in [5.74, 6) is 2.03. The zero-order chi connectivity index (χ0) is 14.1. The van der Waals surface area contributed by atoms with Crippen molar-refractivity contribution >= 4 is 11.5 Å². The minimum atomic E-state index is -0.290. The maximum Gasteiger partial charge on any atom is 0.349 e. The van der Waals surface area contributed by atoms with Crippen molar-refractivity contribution in [3.8, 4) is 0 Å². The van der Waals surface area contributed by atoms with Crippen LogP contribution in [0.15, 0.2) is 17.2 Å². The third kappa shape index (κ3) is 2.02. The number of H-pyrrole nitrogens is 1. The molecule has 0 bridgehead atoms. The maximum absolute atomic E-state index is 11.5. The number of aromatic amines is 1. The van der Waals surface area contributed by atoms with Crippen molar-refractivity contribution in [1.82, 2.24) is 34.3 Å². The Bertz CT molecular complexity index is 798. The molecule has 0 radical (unpaired) electrons. The highest BCUT2D eigenvalue weighted by Crippen LogP contribution is 2.09. The summed E-state index contributed by atoms with van der Waals surface area (Å²) in [6.07, 6.45) is 1.69. The fourth-order valence-corrected chi connectivity index (χ4v) is 2.04. The predicted molar refractivity (Wildman–Crippen MR) is 71.4 cm³/mol. The van der Waals surface area contributed by atoms with Crippen LogP contribution in [0.1, 0.15) is 18.6 Å². The van der Waals surface area contributed by atoms with Gasteiger partial charge in [0.05, 0.1) is 6.54 Å². The summed E-state index contributed by atoms with van der Waals surface area (Å²) < 4.78 is 3.36. The molecule has 3 aromatic rings. The molecule has 0 saturated heterocycles. The monoisotopic (exact) mass is 274 g/mol. The molecule has 0 atom stereocenters. The number of hydrogen-bond donors (Lipinski definition) is 2. The number of nitrogens with one attached hydrogen (secondary N) is 2. The van der Waals surface area contributed by atoms with E-state index in [0.29, 0.717) is 23.8 Å². The van der Waals surface area contributed by atoms with Gasteiger partial charge < -0.3 is 9.88 Å². The Hall–Kier alpha value is -2.71. The van der Waals surface area contributed by atoms with E-state index in [1.807, 2.05) is 11.5 Å². The minimum absolute atomic E-state index is 0.290. The second-order valence-electron chi connectivity index (χ2n) is 4.30. The molecular weight excluding hydrogens is 260 g/mol. The van der Waals surface area contributed by atoms with Crippen LogP contribution in [-0.4, -0.2) is 34.3 Å². The molecule has 0 aliphatic rings. The fraction of sp³-hybridized carbons (Fsp3) is 0.364. The van der Waals surface area contributed by atoms with E-state index in [1.54, 1.807) is 19.3 Å². The number of fused-ring (bicyclic) bond motifs is 1. The van der Waals surface area contributed by atoms with Crippen LogP contribution < -0.4 is 11.0 Å². The number of aromatic nitrogens is 7. The van der Waals surface area contributed by atoms with Gasteiger partial charge in [0.2, 0.25) is 0 Å². The molecule has 0 aliphatic carbocycles. The summed E-state index contributed by atoms with van der Waals surface area (Å²) in [7, 11) is 0. The van der Waals surface area contributed by atoms with E-state index >= 15 is 0 Å². The molecule has 0 unspecified atom stereocenters. The van der Waals surface area contributed by atoms with Gasteiger partial charge in [0.25, 0.3) is 0 Å². The summed E-state index contributed by atoms with van der Waals surface area (Å²) in [5, 5.41) is 17.4. The van der Waals surface area contributed by atoms with Crippen molar-refractivity contribution in [3.63, 3.8) is 0 Å². The molecule has 0 aromatic carbocycles. The topological polar surface area (TPSA) is 106 Å². The van der Waals surface area contributed by atoms with Crippen molar-refractivity contribution in [2.24, 2.45) is 0 Å². The van der Waals surface area contributed by atoms with Crippen LogP contribution in [0.25, 0.3) is 5.65 Å². The SMILES string of the molecule is CCn1cnnc1CNc1cc2n[nH]c(=O)n2c(C)n1. The molecule has 0 amide bonds. The van der Waals surface area contributed by atoms with Crippen LogP contribution in [0.3, 0.4) is 0 Å². The van der Waals surface area contributed by atoms with E-state index < -0.39 is 0 Å². The van der Waals surface area contributed by atoms with Crippen LogP contribution in [0.4, 0.5) is 5.82 Å². The highest BCUT2D eigenvalue weighted by molar-refractivity contribution is 5.49. The normalized spacial score (nSPS) is 11.1. The van der Waals surface area contributed by atoms with Crippen LogP contribution in [0, 0.1) is 6.92 Å². The Morgan fingerprint density at radius 2 is 2.30 bits per heavy atom. The molecule has 3 aromatic heterocycles. The van der Waals surface area contributed by atoms with E-state index in [1.165, 1.54) is 4.40 Å². The number of nitrogens with zero attached hydrogens (tertiary/aromatic N) is 6. The van der Waals surface area contributed by atoms with Gasteiger partial charge >= 0.3 is 5.69 Å². The van der Waals surface area contributed by atoms with Gasteiger partial charge in [0.15, 0.2) is 11.5 Å². The van der Waals surface area contributed by atoms with Gasteiger partial charge in [-0.05, 0) is 13.8 Å². The predicted octanol–water partition coefficient (Wildman–Crippen LogP) is -0.0505. The van der Waals surface area contributed by atoms with Gasteiger partial charge in [-0.2, -0.15) is 5.10 Å².